The van der Waals surface area contributed by atoms with Gasteiger partial charge in [-0.25, -0.2) is 0 Å². The maximum absolute atomic E-state index is 12.4. The van der Waals surface area contributed by atoms with E-state index in [1.54, 1.807) is 29.1 Å². The highest BCUT2D eigenvalue weighted by Gasteiger charge is 2.45. The molecule has 3 rings (SSSR count). The summed E-state index contributed by atoms with van der Waals surface area (Å²) < 4.78 is 5.26. The zero-order valence-electron chi connectivity index (χ0n) is 10.3. The Morgan fingerprint density at radius 3 is 2.94 bits per heavy atom. The lowest BCUT2D eigenvalue weighted by Gasteiger charge is -2.40. The van der Waals surface area contributed by atoms with Crippen molar-refractivity contribution in [2.75, 3.05) is 6.54 Å². The number of furan rings is 1. The predicted molar refractivity (Wildman–Crippen MR) is 63.5 cm³/mol. The van der Waals surface area contributed by atoms with Crippen molar-refractivity contribution in [2.24, 2.45) is 0 Å². The van der Waals surface area contributed by atoms with Gasteiger partial charge in [0.05, 0.1) is 12.8 Å². The van der Waals surface area contributed by atoms with E-state index in [1.807, 2.05) is 6.07 Å². The molecule has 96 valence electrons. The Morgan fingerprint density at radius 1 is 1.39 bits per heavy atom. The van der Waals surface area contributed by atoms with Gasteiger partial charge in [-0.2, -0.15) is 0 Å². The van der Waals surface area contributed by atoms with Gasteiger partial charge in [-0.1, -0.05) is 0 Å². The molecule has 0 aromatic carbocycles. The zero-order chi connectivity index (χ0) is 12.7. The monoisotopic (exact) mass is 248 g/mol. The number of fused-ring (bicyclic) bond motifs is 1. The van der Waals surface area contributed by atoms with Gasteiger partial charge >= 0.3 is 0 Å². The lowest BCUT2D eigenvalue weighted by Crippen LogP contribution is -2.61. The van der Waals surface area contributed by atoms with Crippen LogP contribution in [0.1, 0.15) is 25.5 Å². The average molecular weight is 248 g/mol. The molecule has 1 aromatic rings. The van der Waals surface area contributed by atoms with E-state index in [0.717, 1.165) is 18.6 Å². The van der Waals surface area contributed by atoms with Crippen LogP contribution in [0.4, 0.5) is 0 Å². The van der Waals surface area contributed by atoms with Crippen molar-refractivity contribution in [1.82, 2.24) is 9.80 Å². The van der Waals surface area contributed by atoms with E-state index in [1.165, 1.54) is 0 Å². The number of carbonyl (C=O) groups is 2. The molecule has 2 atom stereocenters. The van der Waals surface area contributed by atoms with Crippen LogP contribution in [0, 0.1) is 0 Å². The van der Waals surface area contributed by atoms with E-state index >= 15 is 0 Å². The molecular formula is C13H16N2O3. The quantitative estimate of drug-likeness (QED) is 0.784. The highest BCUT2D eigenvalue weighted by molar-refractivity contribution is 5.97. The number of amides is 2. The van der Waals surface area contributed by atoms with E-state index in [-0.39, 0.29) is 17.9 Å². The SMILES string of the molecule is CC1C(=O)N2CCCC2C(=O)N1Cc1ccco1. The third-order valence-corrected chi connectivity index (χ3v) is 3.84. The second-order valence-electron chi connectivity index (χ2n) is 4.91. The van der Waals surface area contributed by atoms with E-state index in [9.17, 15) is 9.59 Å². The summed E-state index contributed by atoms with van der Waals surface area (Å²) in [7, 11) is 0. The van der Waals surface area contributed by atoms with Crippen molar-refractivity contribution < 1.29 is 14.0 Å². The fraction of sp³-hybridized carbons (Fsp3) is 0.538. The molecule has 5 heteroatoms. The molecular weight excluding hydrogens is 232 g/mol. The minimum atomic E-state index is -0.392. The van der Waals surface area contributed by atoms with Gasteiger partial charge in [0.15, 0.2) is 0 Å². The maximum atomic E-state index is 12.4. The number of nitrogens with zero attached hydrogens (tertiary/aromatic N) is 2. The smallest absolute Gasteiger partial charge is 0.246 e. The number of hydrogen-bond acceptors (Lipinski definition) is 3. The van der Waals surface area contributed by atoms with Gasteiger partial charge in [0.2, 0.25) is 11.8 Å². The first kappa shape index (κ1) is 11.3. The molecule has 5 nitrogen and oxygen atoms in total. The molecule has 2 unspecified atom stereocenters. The van der Waals surface area contributed by atoms with Gasteiger partial charge in [-0.3, -0.25) is 9.59 Å². The summed E-state index contributed by atoms with van der Waals surface area (Å²) in [4.78, 5) is 27.9. The summed E-state index contributed by atoms with van der Waals surface area (Å²) in [6.07, 6.45) is 3.29. The highest BCUT2D eigenvalue weighted by Crippen LogP contribution is 2.27. The number of piperazine rings is 1. The van der Waals surface area contributed by atoms with Gasteiger partial charge in [0.25, 0.3) is 0 Å². The molecule has 2 saturated heterocycles. The Balaban J connectivity index is 1.84. The number of hydrogen-bond donors (Lipinski definition) is 0. The predicted octanol–water partition coefficient (Wildman–Crippen LogP) is 1.00. The fourth-order valence-corrected chi connectivity index (χ4v) is 2.83. The van der Waals surface area contributed by atoms with Gasteiger partial charge in [0.1, 0.15) is 17.8 Å². The van der Waals surface area contributed by atoms with Gasteiger partial charge in [-0.05, 0) is 31.9 Å². The largest absolute Gasteiger partial charge is 0.467 e. The van der Waals surface area contributed by atoms with E-state index < -0.39 is 6.04 Å². The standard InChI is InChI=1S/C13H16N2O3/c1-9-12(16)14-6-2-5-11(14)13(17)15(9)8-10-4-3-7-18-10/h3-4,7,9,11H,2,5-6,8H2,1H3. The van der Waals surface area contributed by atoms with Gasteiger partial charge in [0, 0.05) is 6.54 Å². The van der Waals surface area contributed by atoms with Crippen LogP contribution < -0.4 is 0 Å². The van der Waals surface area contributed by atoms with Crippen molar-refractivity contribution >= 4 is 11.8 Å². The van der Waals surface area contributed by atoms with E-state index in [2.05, 4.69) is 0 Å². The Labute approximate surface area is 105 Å². The first-order chi connectivity index (χ1) is 8.68. The molecule has 18 heavy (non-hydrogen) atoms. The summed E-state index contributed by atoms with van der Waals surface area (Å²) in [6, 6.07) is 2.98. The summed E-state index contributed by atoms with van der Waals surface area (Å²) in [5.41, 5.74) is 0. The zero-order valence-corrected chi connectivity index (χ0v) is 10.3. The van der Waals surface area contributed by atoms with Crippen LogP contribution in [-0.2, 0) is 16.1 Å². The third-order valence-electron chi connectivity index (χ3n) is 3.84. The highest BCUT2D eigenvalue weighted by atomic mass is 16.3. The van der Waals surface area contributed by atoms with Crippen molar-refractivity contribution in [1.29, 1.82) is 0 Å². The van der Waals surface area contributed by atoms with Crippen LogP contribution >= 0.6 is 0 Å². The first-order valence-electron chi connectivity index (χ1n) is 6.32. The van der Waals surface area contributed by atoms with Crippen molar-refractivity contribution in [3.8, 4) is 0 Å². The molecule has 0 spiro atoms. The van der Waals surface area contributed by atoms with Crippen LogP contribution in [0.25, 0.3) is 0 Å². The molecule has 2 amide bonds. The van der Waals surface area contributed by atoms with Gasteiger partial charge < -0.3 is 14.2 Å². The van der Waals surface area contributed by atoms with Crippen LogP contribution in [0.5, 0.6) is 0 Å². The lowest BCUT2D eigenvalue weighted by atomic mass is 10.1. The summed E-state index contributed by atoms with van der Waals surface area (Å²) in [5, 5.41) is 0. The fourth-order valence-electron chi connectivity index (χ4n) is 2.83. The van der Waals surface area contributed by atoms with Crippen molar-refractivity contribution in [2.45, 2.75) is 38.4 Å². The van der Waals surface area contributed by atoms with Crippen LogP contribution in [-0.4, -0.2) is 40.2 Å². The molecule has 3 heterocycles. The molecule has 2 aliphatic rings. The summed E-state index contributed by atoms with van der Waals surface area (Å²) in [5.74, 6) is 0.828. The van der Waals surface area contributed by atoms with Crippen LogP contribution in [0.2, 0.25) is 0 Å². The molecule has 0 N–H and O–H groups in total. The number of carbonyl (C=O) groups excluding carboxylic acids is 2. The minimum Gasteiger partial charge on any atom is -0.467 e. The summed E-state index contributed by atoms with van der Waals surface area (Å²) >= 11 is 0. The molecule has 0 bridgehead atoms. The molecule has 0 aliphatic carbocycles. The van der Waals surface area contributed by atoms with Crippen LogP contribution in [0.15, 0.2) is 22.8 Å². The Bertz CT molecular complexity index is 469. The normalized spacial score (nSPS) is 27.8. The molecule has 2 fully saturated rings. The Morgan fingerprint density at radius 2 is 2.22 bits per heavy atom. The van der Waals surface area contributed by atoms with Gasteiger partial charge in [-0.15, -0.1) is 0 Å². The first-order valence-corrected chi connectivity index (χ1v) is 6.32. The second-order valence-corrected chi connectivity index (χ2v) is 4.91. The second kappa shape index (κ2) is 4.15. The van der Waals surface area contributed by atoms with E-state index in [0.29, 0.717) is 13.1 Å². The maximum Gasteiger partial charge on any atom is 0.246 e. The van der Waals surface area contributed by atoms with Crippen molar-refractivity contribution in [3.63, 3.8) is 0 Å². The Hall–Kier alpha value is -1.78. The molecule has 1 aromatic heterocycles. The topological polar surface area (TPSA) is 53.8 Å². The van der Waals surface area contributed by atoms with E-state index in [4.69, 9.17) is 4.42 Å². The minimum absolute atomic E-state index is 0.0519. The molecule has 0 radical (unpaired) electrons. The molecule has 2 aliphatic heterocycles. The Kier molecular flexibility index (Phi) is 2.61. The van der Waals surface area contributed by atoms with Crippen molar-refractivity contribution in [3.05, 3.63) is 24.2 Å². The molecule has 0 saturated carbocycles. The number of rotatable bonds is 2. The average Bonchev–Trinajstić information content (AvgIpc) is 3.02. The van der Waals surface area contributed by atoms with Crippen LogP contribution in [0.3, 0.4) is 0 Å². The lowest BCUT2D eigenvalue weighted by molar-refractivity contribution is -0.159. The summed E-state index contributed by atoms with van der Waals surface area (Å²) in [6.45, 7) is 2.88. The third kappa shape index (κ3) is 1.62.